The fraction of sp³-hybridized carbons (Fsp3) is 0.571. The molecule has 2 nitrogen and oxygen atoms in total. The molecule has 1 fully saturated rings. The lowest BCUT2D eigenvalue weighted by Crippen LogP contribution is -2.31. The van der Waals surface area contributed by atoms with Crippen LogP contribution in [0.25, 0.3) is 0 Å². The lowest BCUT2D eigenvalue weighted by molar-refractivity contribution is 0.252. The van der Waals surface area contributed by atoms with Gasteiger partial charge in [0.2, 0.25) is 0 Å². The summed E-state index contributed by atoms with van der Waals surface area (Å²) in [5.41, 5.74) is 5.66. The van der Waals surface area contributed by atoms with Crippen molar-refractivity contribution < 1.29 is 0 Å². The van der Waals surface area contributed by atoms with Gasteiger partial charge in [-0.3, -0.25) is 0 Å². The second kappa shape index (κ2) is 15.0. The Hall–Kier alpha value is -1.06. The fourth-order valence-corrected chi connectivity index (χ4v) is 4.66. The van der Waals surface area contributed by atoms with Crippen LogP contribution in [-0.2, 0) is 13.1 Å². The SMILES string of the molecule is CC(C)c1ccc(CNCC2CCCC(CNCc3ccc(C(C)C)cc3)C2)cc1.Cl.Cl. The van der Waals surface area contributed by atoms with Crippen molar-refractivity contribution in [3.05, 3.63) is 70.8 Å². The van der Waals surface area contributed by atoms with Crippen LogP contribution in [0.3, 0.4) is 0 Å². The molecule has 0 saturated heterocycles. The highest BCUT2D eigenvalue weighted by atomic mass is 35.5. The third-order valence-electron chi connectivity index (χ3n) is 6.71. The summed E-state index contributed by atoms with van der Waals surface area (Å²) in [5, 5.41) is 7.43. The fourth-order valence-electron chi connectivity index (χ4n) is 4.66. The van der Waals surface area contributed by atoms with E-state index in [0.717, 1.165) is 38.0 Å². The first-order valence-electron chi connectivity index (χ1n) is 12.1. The zero-order chi connectivity index (χ0) is 21.3. The molecule has 0 amide bonds. The number of nitrogens with one attached hydrogen (secondary N) is 2. The first-order chi connectivity index (χ1) is 14.5. The number of benzene rings is 2. The summed E-state index contributed by atoms with van der Waals surface area (Å²) in [6, 6.07) is 18.2. The lowest BCUT2D eigenvalue weighted by atomic mass is 9.81. The van der Waals surface area contributed by atoms with E-state index in [-0.39, 0.29) is 24.8 Å². The molecule has 4 heteroatoms. The topological polar surface area (TPSA) is 24.1 Å². The molecular formula is C28H44Cl2N2. The van der Waals surface area contributed by atoms with Gasteiger partial charge in [-0.05, 0) is 78.3 Å². The van der Waals surface area contributed by atoms with Crippen LogP contribution in [-0.4, -0.2) is 13.1 Å². The molecule has 180 valence electrons. The van der Waals surface area contributed by atoms with Crippen LogP contribution in [0.2, 0.25) is 0 Å². The molecule has 2 aromatic carbocycles. The van der Waals surface area contributed by atoms with Crippen molar-refractivity contribution in [2.45, 2.75) is 78.3 Å². The number of hydrogen-bond donors (Lipinski definition) is 2. The maximum Gasteiger partial charge on any atom is 0.0205 e. The van der Waals surface area contributed by atoms with E-state index >= 15 is 0 Å². The van der Waals surface area contributed by atoms with Crippen molar-refractivity contribution in [1.82, 2.24) is 10.6 Å². The second-order valence-corrected chi connectivity index (χ2v) is 9.95. The van der Waals surface area contributed by atoms with E-state index < -0.39 is 0 Å². The molecule has 2 N–H and O–H groups in total. The van der Waals surface area contributed by atoms with Gasteiger partial charge in [0.25, 0.3) is 0 Å². The average molecular weight is 480 g/mol. The number of hydrogen-bond acceptors (Lipinski definition) is 2. The Bertz CT molecular complexity index is 678. The summed E-state index contributed by atoms with van der Waals surface area (Å²) < 4.78 is 0. The number of rotatable bonds is 10. The van der Waals surface area contributed by atoms with E-state index in [4.69, 9.17) is 0 Å². The largest absolute Gasteiger partial charge is 0.312 e. The first kappa shape index (κ1) is 29.0. The van der Waals surface area contributed by atoms with Gasteiger partial charge in [-0.1, -0.05) is 82.6 Å². The van der Waals surface area contributed by atoms with Crippen LogP contribution in [0.4, 0.5) is 0 Å². The van der Waals surface area contributed by atoms with Gasteiger partial charge in [0.1, 0.15) is 0 Å². The van der Waals surface area contributed by atoms with Crippen molar-refractivity contribution >= 4 is 24.8 Å². The quantitative estimate of drug-likeness (QED) is 0.370. The zero-order valence-corrected chi connectivity index (χ0v) is 22.0. The van der Waals surface area contributed by atoms with E-state index in [2.05, 4.69) is 86.9 Å². The molecule has 0 aliphatic heterocycles. The van der Waals surface area contributed by atoms with Crippen LogP contribution >= 0.6 is 24.8 Å². The van der Waals surface area contributed by atoms with Gasteiger partial charge < -0.3 is 10.6 Å². The predicted octanol–water partition coefficient (Wildman–Crippen LogP) is 7.46. The molecule has 0 bridgehead atoms. The van der Waals surface area contributed by atoms with E-state index in [9.17, 15) is 0 Å². The maximum absolute atomic E-state index is 3.72. The monoisotopic (exact) mass is 478 g/mol. The van der Waals surface area contributed by atoms with Crippen LogP contribution < -0.4 is 10.6 Å². The van der Waals surface area contributed by atoms with Crippen LogP contribution in [0.1, 0.15) is 87.5 Å². The van der Waals surface area contributed by atoms with Crippen molar-refractivity contribution in [1.29, 1.82) is 0 Å². The average Bonchev–Trinajstić information content (AvgIpc) is 2.75. The molecule has 2 aromatic rings. The van der Waals surface area contributed by atoms with Gasteiger partial charge >= 0.3 is 0 Å². The van der Waals surface area contributed by atoms with Gasteiger partial charge in [-0.15, -0.1) is 24.8 Å². The highest BCUT2D eigenvalue weighted by molar-refractivity contribution is 5.85. The third-order valence-corrected chi connectivity index (χ3v) is 6.71. The van der Waals surface area contributed by atoms with E-state index in [1.165, 1.54) is 47.9 Å². The molecule has 0 radical (unpaired) electrons. The van der Waals surface area contributed by atoms with Crippen LogP contribution in [0, 0.1) is 11.8 Å². The van der Waals surface area contributed by atoms with Crippen LogP contribution in [0.5, 0.6) is 0 Å². The molecule has 2 unspecified atom stereocenters. The molecule has 0 spiro atoms. The Morgan fingerprint density at radius 1 is 0.656 bits per heavy atom. The molecule has 1 aliphatic rings. The summed E-state index contributed by atoms with van der Waals surface area (Å²) in [5.74, 6) is 2.87. The first-order valence-corrected chi connectivity index (χ1v) is 12.1. The van der Waals surface area contributed by atoms with Crippen molar-refractivity contribution in [2.24, 2.45) is 11.8 Å². The standard InChI is InChI=1S/C28H42N2.2ClH/c1-21(2)27-12-8-23(9-13-27)17-29-19-25-6-5-7-26(16-25)20-30-18-24-10-14-28(15-11-24)22(3)4;;/h8-15,21-22,25-26,29-30H,5-7,16-20H2,1-4H3;2*1H. The normalized spacial score (nSPS) is 18.3. The highest BCUT2D eigenvalue weighted by Crippen LogP contribution is 2.28. The summed E-state index contributed by atoms with van der Waals surface area (Å²) in [7, 11) is 0. The number of halogens is 2. The zero-order valence-electron chi connectivity index (χ0n) is 20.4. The van der Waals surface area contributed by atoms with Gasteiger partial charge in [0.05, 0.1) is 0 Å². The maximum atomic E-state index is 3.72. The van der Waals surface area contributed by atoms with Crippen molar-refractivity contribution in [3.8, 4) is 0 Å². The third kappa shape index (κ3) is 9.43. The Labute approximate surface area is 209 Å². The minimum Gasteiger partial charge on any atom is -0.312 e. The molecular weight excluding hydrogens is 435 g/mol. The second-order valence-electron chi connectivity index (χ2n) is 9.95. The Kier molecular flexibility index (Phi) is 13.5. The van der Waals surface area contributed by atoms with E-state index in [0.29, 0.717) is 11.8 Å². The Morgan fingerprint density at radius 3 is 1.38 bits per heavy atom. The van der Waals surface area contributed by atoms with Gasteiger partial charge in [-0.25, -0.2) is 0 Å². The Balaban J connectivity index is 0.00000256. The molecule has 0 heterocycles. The van der Waals surface area contributed by atoms with Crippen molar-refractivity contribution in [3.63, 3.8) is 0 Å². The van der Waals surface area contributed by atoms with Gasteiger partial charge in [0, 0.05) is 13.1 Å². The smallest absolute Gasteiger partial charge is 0.0205 e. The molecule has 0 aromatic heterocycles. The summed E-state index contributed by atoms with van der Waals surface area (Å²) in [6.07, 6.45) is 5.50. The predicted molar refractivity (Wildman–Crippen MR) is 144 cm³/mol. The van der Waals surface area contributed by atoms with E-state index in [1.54, 1.807) is 0 Å². The summed E-state index contributed by atoms with van der Waals surface area (Å²) >= 11 is 0. The summed E-state index contributed by atoms with van der Waals surface area (Å²) in [4.78, 5) is 0. The molecule has 32 heavy (non-hydrogen) atoms. The lowest BCUT2D eigenvalue weighted by Gasteiger charge is -2.29. The highest BCUT2D eigenvalue weighted by Gasteiger charge is 2.21. The Morgan fingerprint density at radius 2 is 1.03 bits per heavy atom. The molecule has 1 aliphatic carbocycles. The van der Waals surface area contributed by atoms with Gasteiger partial charge in [0.15, 0.2) is 0 Å². The minimum absolute atomic E-state index is 0. The van der Waals surface area contributed by atoms with Gasteiger partial charge in [-0.2, -0.15) is 0 Å². The molecule has 1 saturated carbocycles. The van der Waals surface area contributed by atoms with Crippen LogP contribution in [0.15, 0.2) is 48.5 Å². The molecule has 2 atom stereocenters. The molecule has 3 rings (SSSR count). The minimum atomic E-state index is 0. The summed E-state index contributed by atoms with van der Waals surface area (Å²) in [6.45, 7) is 13.3. The van der Waals surface area contributed by atoms with E-state index in [1.807, 2.05) is 0 Å². The van der Waals surface area contributed by atoms with Crippen molar-refractivity contribution in [2.75, 3.05) is 13.1 Å².